The van der Waals surface area contributed by atoms with Crippen molar-refractivity contribution in [1.29, 1.82) is 0 Å². The zero-order valence-electron chi connectivity index (χ0n) is 18.3. The second kappa shape index (κ2) is 9.91. The second-order valence-corrected chi connectivity index (χ2v) is 10.2. The average Bonchev–Trinajstić information content (AvgIpc) is 2.60. The van der Waals surface area contributed by atoms with E-state index >= 15 is 0 Å². The van der Waals surface area contributed by atoms with Crippen molar-refractivity contribution < 1.29 is 13.2 Å². The van der Waals surface area contributed by atoms with E-state index in [1.165, 1.54) is 13.2 Å². The van der Waals surface area contributed by atoms with E-state index < -0.39 is 15.7 Å². The van der Waals surface area contributed by atoms with Crippen molar-refractivity contribution in [3.8, 4) is 0 Å². The Kier molecular flexibility index (Phi) is 8.08. The van der Waals surface area contributed by atoms with Crippen LogP contribution in [0.4, 0.5) is 11.4 Å². The number of hydrogen-bond donors (Lipinski definition) is 3. The van der Waals surface area contributed by atoms with E-state index in [1.807, 2.05) is 18.2 Å². The van der Waals surface area contributed by atoms with Crippen molar-refractivity contribution in [2.24, 2.45) is 5.92 Å². The SMILES string of the molecule is CCCCC1(NS(C)(=O)=O)CNCCN1c1cccc(NC(C)=O)c1CC(C)C. The molecule has 0 bridgehead atoms. The van der Waals surface area contributed by atoms with Gasteiger partial charge in [0.25, 0.3) is 0 Å². The van der Waals surface area contributed by atoms with Gasteiger partial charge in [-0.25, -0.2) is 8.42 Å². The molecule has 1 amide bonds. The van der Waals surface area contributed by atoms with Crippen LogP contribution < -0.4 is 20.3 Å². The first kappa shape index (κ1) is 23.6. The fourth-order valence-corrected chi connectivity index (χ4v) is 5.06. The number of amides is 1. The molecule has 0 saturated carbocycles. The van der Waals surface area contributed by atoms with E-state index in [4.69, 9.17) is 0 Å². The van der Waals surface area contributed by atoms with Crippen LogP contribution in [0.25, 0.3) is 0 Å². The highest BCUT2D eigenvalue weighted by atomic mass is 32.2. The summed E-state index contributed by atoms with van der Waals surface area (Å²) in [5.74, 6) is 0.276. The van der Waals surface area contributed by atoms with Crippen molar-refractivity contribution in [2.45, 2.75) is 59.0 Å². The lowest BCUT2D eigenvalue weighted by Crippen LogP contribution is -2.70. The van der Waals surface area contributed by atoms with Gasteiger partial charge in [0, 0.05) is 37.9 Å². The van der Waals surface area contributed by atoms with Crippen molar-refractivity contribution in [3.63, 3.8) is 0 Å². The summed E-state index contributed by atoms with van der Waals surface area (Å²) >= 11 is 0. The topological polar surface area (TPSA) is 90.5 Å². The van der Waals surface area contributed by atoms with Crippen LogP contribution in [-0.4, -0.2) is 45.9 Å². The fraction of sp³-hybridized carbons (Fsp3) is 0.667. The first-order chi connectivity index (χ1) is 13.6. The standard InChI is InChI=1S/C21H36N4O3S/c1-6-7-11-21(24-29(5,27)28)15-22-12-13-25(21)20-10-8-9-19(23-17(4)26)18(20)14-16(2)3/h8-10,16,22,24H,6-7,11-15H2,1-5H3,(H,23,26). The van der Waals surface area contributed by atoms with Crippen molar-refractivity contribution in [2.75, 3.05) is 36.1 Å². The molecule has 1 heterocycles. The van der Waals surface area contributed by atoms with E-state index in [9.17, 15) is 13.2 Å². The van der Waals surface area contributed by atoms with Gasteiger partial charge in [0.15, 0.2) is 0 Å². The normalized spacial score (nSPS) is 20.1. The van der Waals surface area contributed by atoms with Crippen LogP contribution in [0.3, 0.4) is 0 Å². The lowest BCUT2D eigenvalue weighted by atomic mass is 9.93. The number of unbranched alkanes of at least 4 members (excludes halogenated alkanes) is 1. The molecule has 1 aromatic rings. The molecule has 7 nitrogen and oxygen atoms in total. The maximum atomic E-state index is 12.3. The predicted octanol–water partition coefficient (Wildman–Crippen LogP) is 2.69. The molecule has 1 saturated heterocycles. The van der Waals surface area contributed by atoms with Crippen molar-refractivity contribution in [1.82, 2.24) is 10.0 Å². The maximum Gasteiger partial charge on any atom is 0.221 e. The van der Waals surface area contributed by atoms with E-state index in [0.717, 1.165) is 42.7 Å². The Bertz CT molecular complexity index is 810. The molecule has 0 spiro atoms. The van der Waals surface area contributed by atoms with Crippen molar-refractivity contribution in [3.05, 3.63) is 23.8 Å². The highest BCUT2D eigenvalue weighted by Gasteiger charge is 2.41. The third kappa shape index (κ3) is 6.42. The summed E-state index contributed by atoms with van der Waals surface area (Å²) in [4.78, 5) is 14.0. The van der Waals surface area contributed by atoms with Gasteiger partial charge in [-0.05, 0) is 42.9 Å². The highest BCUT2D eigenvalue weighted by molar-refractivity contribution is 7.88. The molecule has 0 aromatic heterocycles. The van der Waals surface area contributed by atoms with Gasteiger partial charge >= 0.3 is 0 Å². The van der Waals surface area contributed by atoms with Gasteiger partial charge in [-0.15, -0.1) is 0 Å². The van der Waals surface area contributed by atoms with Crippen LogP contribution in [-0.2, 0) is 21.2 Å². The Morgan fingerprint density at radius 1 is 1.34 bits per heavy atom. The molecule has 1 atom stereocenters. The number of benzene rings is 1. The highest BCUT2D eigenvalue weighted by Crippen LogP contribution is 2.36. The van der Waals surface area contributed by atoms with Gasteiger partial charge in [-0.1, -0.05) is 33.3 Å². The lowest BCUT2D eigenvalue weighted by molar-refractivity contribution is -0.114. The summed E-state index contributed by atoms with van der Waals surface area (Å²) in [5.41, 5.74) is 2.10. The molecule has 29 heavy (non-hydrogen) atoms. The molecule has 1 unspecified atom stereocenters. The zero-order valence-corrected chi connectivity index (χ0v) is 19.2. The molecule has 1 aliphatic rings. The first-order valence-electron chi connectivity index (χ1n) is 10.4. The summed E-state index contributed by atoms with van der Waals surface area (Å²) in [7, 11) is -3.42. The smallest absolute Gasteiger partial charge is 0.221 e. The van der Waals surface area contributed by atoms with Crippen LogP contribution >= 0.6 is 0 Å². The predicted molar refractivity (Wildman–Crippen MR) is 120 cm³/mol. The van der Waals surface area contributed by atoms with E-state index in [-0.39, 0.29) is 5.91 Å². The van der Waals surface area contributed by atoms with Gasteiger partial charge < -0.3 is 15.5 Å². The van der Waals surface area contributed by atoms with Crippen LogP contribution in [0, 0.1) is 5.92 Å². The Morgan fingerprint density at radius 3 is 2.66 bits per heavy atom. The molecule has 1 fully saturated rings. The first-order valence-corrected chi connectivity index (χ1v) is 12.3. The fourth-order valence-electron chi connectivity index (χ4n) is 4.08. The van der Waals surface area contributed by atoms with Crippen LogP contribution in [0.2, 0.25) is 0 Å². The van der Waals surface area contributed by atoms with Crippen LogP contribution in [0.15, 0.2) is 18.2 Å². The summed E-state index contributed by atoms with van der Waals surface area (Å²) < 4.78 is 27.5. The summed E-state index contributed by atoms with van der Waals surface area (Å²) in [6.45, 7) is 9.89. The molecule has 3 N–H and O–H groups in total. The number of anilines is 2. The monoisotopic (exact) mass is 424 g/mol. The number of carbonyl (C=O) groups is 1. The number of piperazine rings is 1. The minimum absolute atomic E-state index is 0.112. The maximum absolute atomic E-state index is 12.3. The molecule has 8 heteroatoms. The molecular formula is C21H36N4O3S. The van der Waals surface area contributed by atoms with E-state index in [2.05, 4.69) is 41.0 Å². The minimum Gasteiger partial charge on any atom is -0.350 e. The van der Waals surface area contributed by atoms with Crippen LogP contribution in [0.5, 0.6) is 0 Å². The molecule has 1 aromatic carbocycles. The number of nitrogens with one attached hydrogen (secondary N) is 3. The summed E-state index contributed by atoms with van der Waals surface area (Å²) in [6.07, 6.45) is 4.60. The Labute approximate surface area is 175 Å². The number of rotatable bonds is 9. The van der Waals surface area contributed by atoms with E-state index in [1.54, 1.807) is 0 Å². The molecule has 0 aliphatic carbocycles. The second-order valence-electron chi connectivity index (χ2n) is 8.42. The van der Waals surface area contributed by atoms with Gasteiger partial charge in [-0.3, -0.25) is 4.79 Å². The van der Waals surface area contributed by atoms with Gasteiger partial charge in [-0.2, -0.15) is 4.72 Å². The summed E-state index contributed by atoms with van der Waals surface area (Å²) in [6, 6.07) is 5.89. The number of hydrogen-bond acceptors (Lipinski definition) is 5. The minimum atomic E-state index is -3.42. The van der Waals surface area contributed by atoms with Crippen molar-refractivity contribution >= 4 is 27.3 Å². The quantitative estimate of drug-likeness (QED) is 0.567. The molecule has 1 aliphatic heterocycles. The third-order valence-electron chi connectivity index (χ3n) is 5.13. The largest absolute Gasteiger partial charge is 0.350 e. The number of nitrogens with zero attached hydrogens (tertiary/aromatic N) is 1. The molecule has 2 rings (SSSR count). The van der Waals surface area contributed by atoms with Crippen LogP contribution in [0.1, 0.15) is 52.5 Å². The van der Waals surface area contributed by atoms with Gasteiger partial charge in [0.2, 0.25) is 15.9 Å². The zero-order chi connectivity index (χ0) is 21.7. The van der Waals surface area contributed by atoms with E-state index in [0.29, 0.717) is 25.4 Å². The lowest BCUT2D eigenvalue weighted by Gasteiger charge is -2.49. The number of sulfonamides is 1. The van der Waals surface area contributed by atoms with Gasteiger partial charge in [0.05, 0.1) is 6.26 Å². The average molecular weight is 425 g/mol. The van der Waals surface area contributed by atoms with Gasteiger partial charge in [0.1, 0.15) is 5.66 Å². The Hall–Kier alpha value is -1.64. The summed E-state index contributed by atoms with van der Waals surface area (Å²) in [5, 5.41) is 6.33. The third-order valence-corrected chi connectivity index (χ3v) is 5.88. The number of carbonyl (C=O) groups excluding carboxylic acids is 1. The molecule has 164 valence electrons. The Morgan fingerprint density at radius 2 is 2.07 bits per heavy atom. The molecular weight excluding hydrogens is 388 g/mol. The molecule has 0 radical (unpaired) electrons. The Balaban J connectivity index is 2.61.